The molecule has 0 saturated carbocycles. The van der Waals surface area contributed by atoms with Gasteiger partial charge in [0.2, 0.25) is 11.1 Å². The summed E-state index contributed by atoms with van der Waals surface area (Å²) in [6, 6.07) is 16.1. The average Bonchev–Trinajstić information content (AvgIpc) is 3.26. The fraction of sp³-hybridized carbons (Fsp3) is 0.364. The first-order chi connectivity index (χ1) is 14.7. The molecule has 8 heteroatoms. The standard InChI is InChI=1S/C22H27N5O2S/c1-3-4-5-17-6-10-19(11-7-17)27-22(24-25-26-27)30-16-21(28)23-15-14-18-8-12-20(29-2)13-9-18/h6-13H,3-5,14-16H2,1-2H3,(H,23,28). The number of carbonyl (C=O) groups excluding carboxylic acids is 1. The quantitative estimate of drug-likeness (QED) is 0.474. The van der Waals surface area contributed by atoms with Crippen LogP contribution < -0.4 is 10.1 Å². The smallest absolute Gasteiger partial charge is 0.230 e. The number of ether oxygens (including phenoxy) is 1. The van der Waals surface area contributed by atoms with Crippen LogP contribution in [0.3, 0.4) is 0 Å². The van der Waals surface area contributed by atoms with Gasteiger partial charge in [0.1, 0.15) is 5.75 Å². The van der Waals surface area contributed by atoms with Crippen molar-refractivity contribution < 1.29 is 9.53 Å². The summed E-state index contributed by atoms with van der Waals surface area (Å²) in [5.74, 6) is 1.04. The molecule has 3 rings (SSSR count). The summed E-state index contributed by atoms with van der Waals surface area (Å²) in [7, 11) is 1.64. The molecule has 0 aliphatic rings. The maximum absolute atomic E-state index is 12.2. The van der Waals surface area contributed by atoms with Gasteiger partial charge in [-0.3, -0.25) is 4.79 Å². The molecular formula is C22H27N5O2S. The van der Waals surface area contributed by atoms with Crippen LogP contribution in [0, 0.1) is 0 Å². The summed E-state index contributed by atoms with van der Waals surface area (Å²) < 4.78 is 6.82. The average molecular weight is 426 g/mol. The van der Waals surface area contributed by atoms with Crippen molar-refractivity contribution in [3.05, 3.63) is 59.7 Å². The van der Waals surface area contributed by atoms with Gasteiger partial charge in [-0.25, -0.2) is 0 Å². The van der Waals surface area contributed by atoms with Crippen molar-refractivity contribution in [2.75, 3.05) is 19.4 Å². The first-order valence-corrected chi connectivity index (χ1v) is 11.1. The fourth-order valence-electron chi connectivity index (χ4n) is 2.94. The highest BCUT2D eigenvalue weighted by Gasteiger charge is 2.11. The van der Waals surface area contributed by atoms with Gasteiger partial charge in [0.05, 0.1) is 18.6 Å². The highest BCUT2D eigenvalue weighted by atomic mass is 32.2. The molecule has 0 fully saturated rings. The predicted octanol–water partition coefficient (Wildman–Crippen LogP) is 3.46. The molecule has 0 aliphatic carbocycles. The Morgan fingerprint density at radius 3 is 2.47 bits per heavy atom. The number of rotatable bonds is 11. The molecule has 7 nitrogen and oxygen atoms in total. The molecule has 1 N–H and O–H groups in total. The van der Waals surface area contributed by atoms with Crippen molar-refractivity contribution >= 4 is 17.7 Å². The number of amides is 1. The van der Waals surface area contributed by atoms with Crippen LogP contribution in [0.15, 0.2) is 53.7 Å². The van der Waals surface area contributed by atoms with Crippen LogP contribution in [-0.4, -0.2) is 45.5 Å². The number of nitrogens with zero attached hydrogens (tertiary/aromatic N) is 4. The molecule has 0 unspecified atom stereocenters. The summed E-state index contributed by atoms with van der Waals surface area (Å²) in [4.78, 5) is 12.2. The maximum atomic E-state index is 12.2. The van der Waals surface area contributed by atoms with Gasteiger partial charge in [0, 0.05) is 6.54 Å². The second-order valence-electron chi connectivity index (χ2n) is 6.88. The van der Waals surface area contributed by atoms with Crippen LogP contribution in [0.25, 0.3) is 5.69 Å². The van der Waals surface area contributed by atoms with Crippen molar-refractivity contribution in [2.45, 2.75) is 37.8 Å². The van der Waals surface area contributed by atoms with Gasteiger partial charge < -0.3 is 10.1 Å². The number of methoxy groups -OCH3 is 1. The first kappa shape index (κ1) is 21.8. The van der Waals surface area contributed by atoms with Crippen LogP contribution in [0.5, 0.6) is 5.75 Å². The van der Waals surface area contributed by atoms with Crippen LogP contribution in [-0.2, 0) is 17.6 Å². The zero-order valence-electron chi connectivity index (χ0n) is 17.4. The van der Waals surface area contributed by atoms with Crippen LogP contribution in [0.4, 0.5) is 0 Å². The van der Waals surface area contributed by atoms with Gasteiger partial charge in [0.25, 0.3) is 0 Å². The molecule has 1 aromatic heterocycles. The van der Waals surface area contributed by atoms with Gasteiger partial charge in [-0.15, -0.1) is 5.10 Å². The molecule has 1 heterocycles. The highest BCUT2D eigenvalue weighted by Crippen LogP contribution is 2.19. The minimum Gasteiger partial charge on any atom is -0.497 e. The van der Waals surface area contributed by atoms with E-state index >= 15 is 0 Å². The number of benzene rings is 2. The Balaban J connectivity index is 1.46. The van der Waals surface area contributed by atoms with E-state index in [-0.39, 0.29) is 11.7 Å². The van der Waals surface area contributed by atoms with Crippen molar-refractivity contribution in [1.29, 1.82) is 0 Å². The number of tetrazole rings is 1. The van der Waals surface area contributed by atoms with E-state index in [1.165, 1.54) is 30.2 Å². The third-order valence-corrected chi connectivity index (χ3v) is 5.59. The molecule has 0 spiro atoms. The van der Waals surface area contributed by atoms with E-state index in [4.69, 9.17) is 4.74 Å². The Kier molecular flexibility index (Phi) is 8.26. The third-order valence-electron chi connectivity index (χ3n) is 4.67. The summed E-state index contributed by atoms with van der Waals surface area (Å²) >= 11 is 1.32. The van der Waals surface area contributed by atoms with Crippen molar-refractivity contribution in [2.24, 2.45) is 0 Å². The third kappa shape index (κ3) is 6.32. The van der Waals surface area contributed by atoms with Crippen molar-refractivity contribution in [3.63, 3.8) is 0 Å². The zero-order chi connectivity index (χ0) is 21.2. The highest BCUT2D eigenvalue weighted by molar-refractivity contribution is 7.99. The number of aromatic nitrogens is 4. The minimum absolute atomic E-state index is 0.0435. The van der Waals surface area contributed by atoms with Gasteiger partial charge in [-0.05, 0) is 65.1 Å². The molecule has 158 valence electrons. The summed E-state index contributed by atoms with van der Waals surface area (Å²) in [6.07, 6.45) is 4.20. The molecule has 0 bridgehead atoms. The second kappa shape index (κ2) is 11.3. The van der Waals surface area contributed by atoms with E-state index in [2.05, 4.69) is 39.9 Å². The number of nitrogens with one attached hydrogen (secondary N) is 1. The second-order valence-corrected chi connectivity index (χ2v) is 7.82. The molecule has 0 atom stereocenters. The Morgan fingerprint density at radius 1 is 1.07 bits per heavy atom. The van der Waals surface area contributed by atoms with Crippen LogP contribution in [0.2, 0.25) is 0 Å². The SMILES string of the molecule is CCCCc1ccc(-n2nnnc2SCC(=O)NCCc2ccc(OC)cc2)cc1. The number of unbranched alkanes of at least 4 members (excludes halogenated alkanes) is 1. The van der Waals surface area contributed by atoms with Gasteiger partial charge >= 0.3 is 0 Å². The van der Waals surface area contributed by atoms with Crippen molar-refractivity contribution in [1.82, 2.24) is 25.5 Å². The molecule has 30 heavy (non-hydrogen) atoms. The summed E-state index contributed by atoms with van der Waals surface area (Å²) in [5, 5.41) is 15.4. The fourth-order valence-corrected chi connectivity index (χ4v) is 3.66. The van der Waals surface area contributed by atoms with E-state index in [1.54, 1.807) is 11.8 Å². The minimum atomic E-state index is -0.0435. The van der Waals surface area contributed by atoms with E-state index in [0.717, 1.165) is 29.8 Å². The Bertz CT molecular complexity index is 925. The first-order valence-electron chi connectivity index (χ1n) is 10.1. The van der Waals surface area contributed by atoms with Crippen LogP contribution >= 0.6 is 11.8 Å². The number of aryl methyl sites for hydroxylation is 1. The molecule has 2 aromatic carbocycles. The van der Waals surface area contributed by atoms with Gasteiger partial charge in [-0.2, -0.15) is 4.68 Å². The topological polar surface area (TPSA) is 81.9 Å². The number of hydrogen-bond donors (Lipinski definition) is 1. The largest absolute Gasteiger partial charge is 0.497 e. The van der Waals surface area contributed by atoms with Gasteiger partial charge in [0.15, 0.2) is 0 Å². The lowest BCUT2D eigenvalue weighted by Gasteiger charge is -2.07. The summed E-state index contributed by atoms with van der Waals surface area (Å²) in [6.45, 7) is 2.77. The lowest BCUT2D eigenvalue weighted by Crippen LogP contribution is -2.27. The van der Waals surface area contributed by atoms with Crippen LogP contribution in [0.1, 0.15) is 30.9 Å². The Morgan fingerprint density at radius 2 is 1.77 bits per heavy atom. The predicted molar refractivity (Wildman–Crippen MR) is 118 cm³/mol. The molecule has 0 aliphatic heterocycles. The molecule has 1 amide bonds. The molecular weight excluding hydrogens is 398 g/mol. The number of hydrogen-bond acceptors (Lipinski definition) is 6. The Labute approximate surface area is 181 Å². The lowest BCUT2D eigenvalue weighted by atomic mass is 10.1. The number of carbonyl (C=O) groups is 1. The summed E-state index contributed by atoms with van der Waals surface area (Å²) in [5.41, 5.74) is 3.34. The zero-order valence-corrected chi connectivity index (χ0v) is 18.2. The molecule has 3 aromatic rings. The molecule has 0 radical (unpaired) electrons. The van der Waals surface area contributed by atoms with Gasteiger partial charge in [-0.1, -0.05) is 49.4 Å². The monoisotopic (exact) mass is 425 g/mol. The van der Waals surface area contributed by atoms with E-state index in [0.29, 0.717) is 11.7 Å². The van der Waals surface area contributed by atoms with E-state index in [1.807, 2.05) is 36.4 Å². The Hall–Kier alpha value is -2.87. The van der Waals surface area contributed by atoms with E-state index < -0.39 is 0 Å². The maximum Gasteiger partial charge on any atom is 0.230 e. The number of thioether (sulfide) groups is 1. The molecule has 0 saturated heterocycles. The lowest BCUT2D eigenvalue weighted by molar-refractivity contribution is -0.118. The normalized spacial score (nSPS) is 10.7. The van der Waals surface area contributed by atoms with Crippen molar-refractivity contribution in [3.8, 4) is 11.4 Å². The van der Waals surface area contributed by atoms with E-state index in [9.17, 15) is 4.79 Å².